The molecule has 0 aliphatic carbocycles. The summed E-state index contributed by atoms with van der Waals surface area (Å²) in [4.78, 5) is 0. The monoisotopic (exact) mass is 365 g/mol. The maximum absolute atomic E-state index is 9.72. The van der Waals surface area contributed by atoms with E-state index in [2.05, 4.69) is 0 Å². The van der Waals surface area contributed by atoms with Gasteiger partial charge in [-0.3, -0.25) is 0 Å². The Hall–Kier alpha value is 1.93. The van der Waals surface area contributed by atoms with Crippen molar-refractivity contribution in [1.29, 1.82) is 0 Å². The Labute approximate surface area is 104 Å². The molecule has 4 unspecified atom stereocenters. The third-order valence-corrected chi connectivity index (χ3v) is 8.96. The van der Waals surface area contributed by atoms with Crippen LogP contribution < -0.4 is 0 Å². The van der Waals surface area contributed by atoms with E-state index >= 15 is 0 Å². The fourth-order valence-electron chi connectivity index (χ4n) is 1.20. The molecule has 4 nitrogen and oxygen atoms in total. The number of ether oxygens (including phenoxy) is 1. The van der Waals surface area contributed by atoms with Crippen molar-refractivity contribution in [1.82, 2.24) is 0 Å². The zero-order valence-corrected chi connectivity index (χ0v) is 13.0. The first-order chi connectivity index (χ1) is 5.54. The van der Waals surface area contributed by atoms with Gasteiger partial charge in [-0.1, -0.05) is 0 Å². The van der Waals surface area contributed by atoms with Crippen molar-refractivity contribution in [2.24, 2.45) is 0 Å². The summed E-state index contributed by atoms with van der Waals surface area (Å²) in [5, 5.41) is 27.9. The van der Waals surface area contributed by atoms with Gasteiger partial charge in [0, 0.05) is 0 Å². The molecular weight excluding hydrogens is 352 g/mol. The normalized spacial score (nSPS) is 48.1. The van der Waals surface area contributed by atoms with Crippen LogP contribution in [0.25, 0.3) is 0 Å². The van der Waals surface area contributed by atoms with E-state index in [1.165, 1.54) is 6.92 Å². The van der Waals surface area contributed by atoms with Gasteiger partial charge in [-0.05, 0) is 0 Å². The van der Waals surface area contributed by atoms with Crippen LogP contribution in [0, 0.1) is 0 Å². The number of hydrogen-bond acceptors (Lipinski definition) is 4. The van der Waals surface area contributed by atoms with Gasteiger partial charge in [-0.25, -0.2) is 0 Å². The Morgan fingerprint density at radius 2 is 2.25 bits per heavy atom. The summed E-state index contributed by atoms with van der Waals surface area (Å²) in [5.41, 5.74) is -1.28. The average Bonchev–Trinajstić information content (AvgIpc) is 2.25. The fourth-order valence-corrected chi connectivity index (χ4v) is 6.86. The van der Waals surface area contributed by atoms with Crippen LogP contribution >= 0.6 is 0 Å². The molecule has 0 aromatic heterocycles. The minimum absolute atomic E-state index is 0.215. The van der Waals surface area contributed by atoms with Crippen LogP contribution in [0.4, 0.5) is 0 Å². The van der Waals surface area contributed by atoms with Gasteiger partial charge in [-0.15, -0.1) is 0 Å². The topological polar surface area (TPSA) is 69.9 Å². The predicted molar refractivity (Wildman–Crippen MR) is 43.9 cm³/mol. The van der Waals surface area contributed by atoms with Crippen molar-refractivity contribution < 1.29 is 20.1 Å². The maximum atomic E-state index is 9.72. The number of rotatable bonds is 2. The molecular formula is C6H11BaO4Se. The second-order valence-corrected chi connectivity index (χ2v) is 10.1. The number of aliphatic hydroxyl groups excluding tert-OH is 2. The van der Waals surface area contributed by atoms with Crippen LogP contribution in [0.2, 0.25) is 0 Å². The van der Waals surface area contributed by atoms with Gasteiger partial charge in [0.2, 0.25) is 0 Å². The summed E-state index contributed by atoms with van der Waals surface area (Å²) in [7, 11) is 0. The summed E-state index contributed by atoms with van der Waals surface area (Å²) in [5.74, 6) is 0. The molecule has 0 spiro atoms. The standard InChI is InChI=1S/C6H12O4Se.Ba/c1-6(9)3(2-7)10-5(11)4(6)8;/h3-5,7-9,11H,2H2,1H3;/q;+1/p-1. The Balaban J connectivity index is 2.73. The zero-order valence-electron chi connectivity index (χ0n) is 6.80. The van der Waals surface area contributed by atoms with Crippen molar-refractivity contribution in [3.05, 3.63) is 0 Å². The van der Waals surface area contributed by atoms with Gasteiger partial charge in [0.15, 0.2) is 0 Å². The molecule has 6 heteroatoms. The fraction of sp³-hybridized carbons (Fsp3) is 1.00. The molecule has 1 radical (unpaired) electrons. The summed E-state index contributed by atoms with van der Waals surface area (Å²) in [6.45, 7) is 1.28. The van der Waals surface area contributed by atoms with Crippen molar-refractivity contribution in [2.45, 2.75) is 29.7 Å². The van der Waals surface area contributed by atoms with Gasteiger partial charge in [-0.2, -0.15) is 0 Å². The first-order valence-electron chi connectivity index (χ1n) is 3.61. The molecule has 4 atom stereocenters. The minimum atomic E-state index is -1.28. The quantitative estimate of drug-likeness (QED) is 0.479. The average molecular weight is 363 g/mol. The van der Waals surface area contributed by atoms with Crippen molar-refractivity contribution in [2.75, 3.05) is 6.61 Å². The molecule has 1 heterocycles. The number of aliphatic hydroxyl groups is 3. The second kappa shape index (κ2) is 4.63. The SMILES string of the molecule is CC1(O)C(CO)OC([Se][Ba])C1O. The van der Waals surface area contributed by atoms with Gasteiger partial charge in [0.1, 0.15) is 0 Å². The zero-order chi connectivity index (χ0) is 9.35. The molecule has 12 heavy (non-hydrogen) atoms. The molecule has 1 aliphatic rings. The van der Waals surface area contributed by atoms with Crippen LogP contribution in [0.5, 0.6) is 0 Å². The van der Waals surface area contributed by atoms with Crippen LogP contribution in [0.1, 0.15) is 6.92 Å². The van der Waals surface area contributed by atoms with E-state index in [9.17, 15) is 10.2 Å². The van der Waals surface area contributed by atoms with Gasteiger partial charge in [0.25, 0.3) is 0 Å². The van der Waals surface area contributed by atoms with Crippen LogP contribution in [-0.2, 0) is 4.74 Å². The molecule has 1 aliphatic heterocycles. The molecule has 3 N–H and O–H groups in total. The summed E-state index contributed by atoms with van der Waals surface area (Å²) >= 11 is 0.597. The Morgan fingerprint density at radius 3 is 2.50 bits per heavy atom. The molecule has 0 saturated carbocycles. The van der Waals surface area contributed by atoms with Crippen molar-refractivity contribution in [3.63, 3.8) is 0 Å². The number of hydrogen-bond donors (Lipinski definition) is 3. The molecule has 0 amide bonds. The van der Waals surface area contributed by atoms with E-state index in [0.717, 1.165) is 0 Å². The predicted octanol–water partition coefficient (Wildman–Crippen LogP) is -2.40. The molecule has 0 aromatic carbocycles. The summed E-state index contributed by atoms with van der Waals surface area (Å²) in [6.07, 6.45) is -1.14. The van der Waals surface area contributed by atoms with E-state index in [4.69, 9.17) is 9.84 Å². The van der Waals surface area contributed by atoms with Crippen molar-refractivity contribution in [3.8, 4) is 0 Å². The third-order valence-electron chi connectivity index (χ3n) is 2.14. The van der Waals surface area contributed by atoms with Crippen LogP contribution in [-0.4, -0.2) is 94.0 Å². The second-order valence-electron chi connectivity index (χ2n) is 3.01. The van der Waals surface area contributed by atoms with E-state index in [1.54, 1.807) is 0 Å². The first kappa shape index (κ1) is 12.0. The van der Waals surface area contributed by atoms with Crippen LogP contribution in [0.15, 0.2) is 0 Å². The molecule has 1 rings (SSSR count). The molecule has 1 fully saturated rings. The van der Waals surface area contributed by atoms with Gasteiger partial charge >= 0.3 is 106 Å². The van der Waals surface area contributed by atoms with Gasteiger partial charge < -0.3 is 0 Å². The molecule has 67 valence electrons. The first-order valence-corrected chi connectivity index (χ1v) is 15.2. The molecule has 0 bridgehead atoms. The molecule has 1 saturated heterocycles. The van der Waals surface area contributed by atoms with E-state index < -0.39 is 17.8 Å². The summed E-state index contributed by atoms with van der Waals surface area (Å²) < 4.78 is 5.31. The third kappa shape index (κ3) is 2.12. The van der Waals surface area contributed by atoms with Crippen LogP contribution in [0.3, 0.4) is 0 Å². The van der Waals surface area contributed by atoms with E-state index in [1.807, 2.05) is 0 Å². The Bertz CT molecular complexity index is 162. The Kier molecular flexibility index (Phi) is 4.63. The van der Waals surface area contributed by atoms with E-state index in [0.29, 0.717) is 49.2 Å². The van der Waals surface area contributed by atoms with E-state index in [-0.39, 0.29) is 11.6 Å². The van der Waals surface area contributed by atoms with Gasteiger partial charge in [0.05, 0.1) is 0 Å². The van der Waals surface area contributed by atoms with Crippen molar-refractivity contribution >= 4 is 49.2 Å². The Morgan fingerprint density at radius 1 is 1.67 bits per heavy atom. The summed E-state index contributed by atoms with van der Waals surface area (Å²) in [6, 6.07) is 0. The molecule has 0 aromatic rings.